The summed E-state index contributed by atoms with van der Waals surface area (Å²) in [6.07, 6.45) is 2.38. The van der Waals surface area contributed by atoms with Crippen LogP contribution in [0.2, 0.25) is 0 Å². The number of anilines is 1. The lowest BCUT2D eigenvalue weighted by Crippen LogP contribution is -2.28. The molecule has 0 aliphatic carbocycles. The summed E-state index contributed by atoms with van der Waals surface area (Å²) < 4.78 is 12.7. The number of ether oxygens (including phenoxy) is 2. The number of hydrogen-bond donors (Lipinski definition) is 1. The van der Waals surface area contributed by atoms with Gasteiger partial charge in [-0.2, -0.15) is 5.26 Å². The normalized spacial score (nSPS) is 14.4. The molecule has 2 heterocycles. The Morgan fingerprint density at radius 1 is 1.17 bits per heavy atom. The van der Waals surface area contributed by atoms with Crippen molar-refractivity contribution in [3.63, 3.8) is 0 Å². The molecule has 0 radical (unpaired) electrons. The Kier molecular flexibility index (Phi) is 8.59. The molecule has 0 spiro atoms. The molecule has 1 aliphatic rings. The largest absolute Gasteiger partial charge is 0.493 e. The molecule has 8 nitrogen and oxygen atoms in total. The molecular formula is C25H28N4O4S2. The van der Waals surface area contributed by atoms with E-state index < -0.39 is 0 Å². The third kappa shape index (κ3) is 5.21. The van der Waals surface area contributed by atoms with Crippen LogP contribution in [0.5, 0.6) is 11.5 Å². The highest BCUT2D eigenvalue weighted by molar-refractivity contribution is 8.26. The van der Waals surface area contributed by atoms with Crippen molar-refractivity contribution in [3.8, 4) is 17.6 Å². The smallest absolute Gasteiger partial charge is 0.270 e. The van der Waals surface area contributed by atoms with Crippen molar-refractivity contribution in [1.29, 1.82) is 5.26 Å². The molecule has 35 heavy (non-hydrogen) atoms. The maximum absolute atomic E-state index is 13.0. The zero-order valence-corrected chi connectivity index (χ0v) is 22.1. The third-order valence-corrected chi connectivity index (χ3v) is 7.19. The van der Waals surface area contributed by atoms with E-state index in [4.69, 9.17) is 21.7 Å². The fourth-order valence-electron chi connectivity index (χ4n) is 3.92. The Labute approximate surface area is 214 Å². The Bertz CT molecular complexity index is 1290. The highest BCUT2D eigenvalue weighted by atomic mass is 32.2. The van der Waals surface area contributed by atoms with Gasteiger partial charge >= 0.3 is 0 Å². The average molecular weight is 513 g/mol. The molecule has 1 aromatic carbocycles. The Morgan fingerprint density at radius 3 is 2.46 bits per heavy atom. The molecule has 0 bridgehead atoms. The van der Waals surface area contributed by atoms with Crippen LogP contribution in [0.25, 0.3) is 6.08 Å². The van der Waals surface area contributed by atoms with E-state index in [9.17, 15) is 14.9 Å². The summed E-state index contributed by atoms with van der Waals surface area (Å²) in [5.41, 5.74) is 1.88. The molecular weight excluding hydrogens is 484 g/mol. The molecule has 1 amide bonds. The molecule has 184 valence electrons. The van der Waals surface area contributed by atoms with E-state index in [1.165, 1.54) is 21.2 Å². The fourth-order valence-corrected chi connectivity index (χ4v) is 5.29. The van der Waals surface area contributed by atoms with Gasteiger partial charge in [-0.15, -0.1) is 0 Å². The lowest BCUT2D eigenvalue weighted by Gasteiger charge is -2.19. The van der Waals surface area contributed by atoms with Crippen molar-refractivity contribution < 1.29 is 14.3 Å². The first-order valence-corrected chi connectivity index (χ1v) is 12.4. The monoisotopic (exact) mass is 512 g/mol. The predicted octanol–water partition coefficient (Wildman–Crippen LogP) is 3.94. The number of thiocarbonyl (C=S) groups is 1. The van der Waals surface area contributed by atoms with Crippen LogP contribution in [0.4, 0.5) is 5.82 Å². The number of aromatic nitrogens is 1. The average Bonchev–Trinajstić information content (AvgIpc) is 3.13. The third-order valence-electron chi connectivity index (χ3n) is 5.81. The maximum atomic E-state index is 13.0. The number of benzene rings is 1. The zero-order valence-electron chi connectivity index (χ0n) is 20.4. The molecule has 1 aliphatic heterocycles. The number of methoxy groups -OCH3 is 2. The van der Waals surface area contributed by atoms with Crippen molar-refractivity contribution >= 4 is 46.1 Å². The molecule has 1 saturated heterocycles. The zero-order chi connectivity index (χ0) is 25.7. The maximum Gasteiger partial charge on any atom is 0.270 e. The van der Waals surface area contributed by atoms with Crippen molar-refractivity contribution in [2.24, 2.45) is 0 Å². The first-order valence-electron chi connectivity index (χ1n) is 11.2. The van der Waals surface area contributed by atoms with Gasteiger partial charge in [-0.25, -0.2) is 0 Å². The van der Waals surface area contributed by atoms with Crippen molar-refractivity contribution in [3.05, 3.63) is 55.7 Å². The van der Waals surface area contributed by atoms with E-state index in [2.05, 4.69) is 5.32 Å². The quantitative estimate of drug-likeness (QED) is 0.399. The van der Waals surface area contributed by atoms with Crippen molar-refractivity contribution in [2.45, 2.75) is 33.7 Å². The number of likely N-dealkylation sites (N-methyl/N-ethyl adjacent to an activating group) is 1. The second-order valence-corrected chi connectivity index (χ2v) is 9.39. The molecule has 0 atom stereocenters. The van der Waals surface area contributed by atoms with Crippen LogP contribution in [-0.4, -0.2) is 47.0 Å². The van der Waals surface area contributed by atoms with Gasteiger partial charge in [0.2, 0.25) is 0 Å². The highest BCUT2D eigenvalue weighted by Gasteiger charge is 2.31. The molecule has 2 aromatic rings. The van der Waals surface area contributed by atoms with Crippen LogP contribution in [0.15, 0.2) is 27.9 Å². The fraction of sp³-hybridized carbons (Fsp3) is 0.360. The van der Waals surface area contributed by atoms with E-state index in [0.29, 0.717) is 63.7 Å². The second-order valence-electron chi connectivity index (χ2n) is 7.72. The van der Waals surface area contributed by atoms with Crippen molar-refractivity contribution in [1.82, 2.24) is 9.47 Å². The minimum atomic E-state index is -0.362. The Morgan fingerprint density at radius 2 is 1.89 bits per heavy atom. The van der Waals surface area contributed by atoms with Crippen LogP contribution in [0.3, 0.4) is 0 Å². The van der Waals surface area contributed by atoms with E-state index in [1.807, 2.05) is 38.1 Å². The summed E-state index contributed by atoms with van der Waals surface area (Å²) in [5.74, 6) is 1.68. The van der Waals surface area contributed by atoms with Gasteiger partial charge in [0, 0.05) is 25.2 Å². The van der Waals surface area contributed by atoms with Crippen LogP contribution < -0.4 is 20.3 Å². The van der Waals surface area contributed by atoms with Gasteiger partial charge in [0.15, 0.2) is 11.5 Å². The van der Waals surface area contributed by atoms with Gasteiger partial charge in [0.1, 0.15) is 21.8 Å². The van der Waals surface area contributed by atoms with Gasteiger partial charge in [0.25, 0.3) is 11.5 Å². The molecule has 1 aromatic heterocycles. The van der Waals surface area contributed by atoms with E-state index >= 15 is 0 Å². The number of nitrogens with one attached hydrogen (secondary N) is 1. The summed E-state index contributed by atoms with van der Waals surface area (Å²) in [6.45, 7) is 6.80. The van der Waals surface area contributed by atoms with Gasteiger partial charge < -0.3 is 14.8 Å². The lowest BCUT2D eigenvalue weighted by atomic mass is 10.0. The first kappa shape index (κ1) is 26.3. The van der Waals surface area contributed by atoms with E-state index in [0.717, 1.165) is 5.56 Å². The molecule has 1 fully saturated rings. The van der Waals surface area contributed by atoms with Gasteiger partial charge in [-0.3, -0.25) is 19.1 Å². The number of thioether (sulfide) groups is 1. The summed E-state index contributed by atoms with van der Waals surface area (Å²) in [5, 5.41) is 13.0. The lowest BCUT2D eigenvalue weighted by molar-refractivity contribution is -0.121. The Balaban J connectivity index is 2.01. The summed E-state index contributed by atoms with van der Waals surface area (Å²) in [6, 6.07) is 7.75. The summed E-state index contributed by atoms with van der Waals surface area (Å²) >= 11 is 6.56. The van der Waals surface area contributed by atoms with E-state index in [1.54, 1.807) is 27.2 Å². The molecule has 0 saturated carbocycles. The van der Waals surface area contributed by atoms with E-state index in [-0.39, 0.29) is 17.0 Å². The molecule has 10 heteroatoms. The minimum Gasteiger partial charge on any atom is -0.493 e. The van der Waals surface area contributed by atoms with Crippen LogP contribution >= 0.6 is 24.0 Å². The second kappa shape index (κ2) is 11.4. The number of carbonyl (C=O) groups is 1. The standard InChI is InChI=1S/C25H28N4O4S2/c1-6-28-22(27-11-10-16-8-9-19(32-4)20(12-16)33-5)17(15(3)18(14-26)23(28)30)13-21-24(31)29(7-2)25(34)35-21/h8-9,12-13,27H,6-7,10-11H2,1-5H3/b21-13+. The van der Waals surface area contributed by atoms with Gasteiger partial charge in [-0.1, -0.05) is 30.0 Å². The van der Waals surface area contributed by atoms with Gasteiger partial charge in [-0.05, 0) is 56.5 Å². The Hall–Kier alpha value is -3.29. The number of hydrogen-bond acceptors (Lipinski definition) is 8. The van der Waals surface area contributed by atoms with Crippen LogP contribution in [0.1, 0.15) is 36.1 Å². The molecule has 1 N–H and O–H groups in total. The number of pyridine rings is 1. The number of nitrogens with zero attached hydrogens (tertiary/aromatic N) is 3. The van der Waals surface area contributed by atoms with Crippen LogP contribution in [0, 0.1) is 18.3 Å². The molecule has 3 rings (SSSR count). The SMILES string of the molecule is CCN1C(=O)/C(=C\c2c(C)c(C#N)c(=O)n(CC)c2NCCc2ccc(OC)c(OC)c2)SC1=S. The number of nitriles is 1. The molecule has 0 unspecified atom stereocenters. The van der Waals surface area contributed by atoms with Gasteiger partial charge in [0.05, 0.1) is 19.1 Å². The highest BCUT2D eigenvalue weighted by Crippen LogP contribution is 2.35. The van der Waals surface area contributed by atoms with Crippen molar-refractivity contribution in [2.75, 3.05) is 32.6 Å². The number of amides is 1. The summed E-state index contributed by atoms with van der Waals surface area (Å²) in [7, 11) is 3.18. The predicted molar refractivity (Wildman–Crippen MR) is 143 cm³/mol. The van der Waals surface area contributed by atoms with Crippen LogP contribution in [-0.2, 0) is 17.8 Å². The number of carbonyl (C=O) groups excluding carboxylic acids is 1. The number of rotatable bonds is 9. The minimum absolute atomic E-state index is 0.0644. The first-order chi connectivity index (χ1) is 16.8. The topological polar surface area (TPSA) is 96.6 Å². The summed E-state index contributed by atoms with van der Waals surface area (Å²) in [4.78, 5) is 27.8.